The van der Waals surface area contributed by atoms with E-state index in [4.69, 9.17) is 15.1 Å². The minimum absolute atomic E-state index is 0.284. The molecule has 0 saturated carbocycles. The first-order valence-electron chi connectivity index (χ1n) is 5.57. The first-order valence-corrected chi connectivity index (χ1v) is 5.57. The molecule has 0 radical (unpaired) electrons. The van der Waals surface area contributed by atoms with Crippen LogP contribution in [0.5, 0.6) is 5.75 Å². The monoisotopic (exact) mass is 253 g/mol. The summed E-state index contributed by atoms with van der Waals surface area (Å²) >= 11 is 0. The van der Waals surface area contributed by atoms with Crippen LogP contribution in [0.1, 0.15) is 5.56 Å². The average molecular weight is 253 g/mol. The third kappa shape index (κ3) is 2.72. The van der Waals surface area contributed by atoms with E-state index in [0.717, 1.165) is 16.5 Å². The number of carbonyl (C=O) groups is 1. The molecule has 2 aromatic carbocycles. The molecule has 4 heteroatoms. The van der Waals surface area contributed by atoms with E-state index in [-0.39, 0.29) is 5.57 Å². The van der Waals surface area contributed by atoms with Gasteiger partial charge >= 0.3 is 5.97 Å². The second kappa shape index (κ2) is 5.23. The van der Waals surface area contributed by atoms with Crippen molar-refractivity contribution >= 4 is 22.8 Å². The third-order valence-corrected chi connectivity index (χ3v) is 2.73. The highest BCUT2D eigenvalue weighted by Gasteiger charge is 2.06. The van der Waals surface area contributed by atoms with Crippen LogP contribution in [0, 0.1) is 11.3 Å². The van der Waals surface area contributed by atoms with Crippen LogP contribution in [0.15, 0.2) is 42.0 Å². The van der Waals surface area contributed by atoms with Crippen molar-refractivity contribution in [2.24, 2.45) is 0 Å². The Labute approximate surface area is 110 Å². The summed E-state index contributed by atoms with van der Waals surface area (Å²) in [5, 5.41) is 19.5. The van der Waals surface area contributed by atoms with Crippen molar-refractivity contribution in [2.75, 3.05) is 7.11 Å². The van der Waals surface area contributed by atoms with Crippen LogP contribution < -0.4 is 4.74 Å². The molecule has 0 unspecified atom stereocenters. The molecule has 94 valence electrons. The molecule has 4 nitrogen and oxygen atoms in total. The second-order valence-corrected chi connectivity index (χ2v) is 3.95. The highest BCUT2D eigenvalue weighted by atomic mass is 16.5. The first kappa shape index (κ1) is 12.7. The van der Waals surface area contributed by atoms with Crippen molar-refractivity contribution in [1.82, 2.24) is 0 Å². The van der Waals surface area contributed by atoms with Gasteiger partial charge in [0.1, 0.15) is 17.4 Å². The Morgan fingerprint density at radius 1 is 1.26 bits per heavy atom. The van der Waals surface area contributed by atoms with Gasteiger partial charge in [0, 0.05) is 0 Å². The quantitative estimate of drug-likeness (QED) is 0.674. The third-order valence-electron chi connectivity index (χ3n) is 2.73. The Bertz CT molecular complexity index is 711. The van der Waals surface area contributed by atoms with Crippen molar-refractivity contribution in [2.45, 2.75) is 0 Å². The molecule has 0 aliphatic rings. The Hall–Kier alpha value is -2.80. The summed E-state index contributed by atoms with van der Waals surface area (Å²) in [7, 11) is 1.60. The number of carboxylic acids is 1. The van der Waals surface area contributed by atoms with E-state index >= 15 is 0 Å². The molecule has 0 amide bonds. The molecule has 0 atom stereocenters. The summed E-state index contributed by atoms with van der Waals surface area (Å²) in [5.74, 6) is -0.462. The molecule has 0 aliphatic heterocycles. The summed E-state index contributed by atoms with van der Waals surface area (Å²) in [6.07, 6.45) is 1.35. The van der Waals surface area contributed by atoms with Crippen LogP contribution in [0.2, 0.25) is 0 Å². The largest absolute Gasteiger partial charge is 0.497 e. The Balaban J connectivity index is 2.48. The SMILES string of the molecule is COc1ccc2cc(/C=C(\C#N)C(=O)O)ccc2c1. The number of carboxylic acid groups (broad SMARTS) is 1. The maximum absolute atomic E-state index is 10.8. The summed E-state index contributed by atoms with van der Waals surface area (Å²) in [6.45, 7) is 0. The minimum atomic E-state index is -1.22. The number of fused-ring (bicyclic) bond motifs is 1. The zero-order valence-electron chi connectivity index (χ0n) is 10.3. The van der Waals surface area contributed by atoms with Gasteiger partial charge < -0.3 is 9.84 Å². The lowest BCUT2D eigenvalue weighted by Crippen LogP contribution is -1.97. The lowest BCUT2D eigenvalue weighted by atomic mass is 10.0. The van der Waals surface area contributed by atoms with Crippen molar-refractivity contribution in [1.29, 1.82) is 5.26 Å². The highest BCUT2D eigenvalue weighted by molar-refractivity contribution is 5.97. The molecule has 0 saturated heterocycles. The fourth-order valence-corrected chi connectivity index (χ4v) is 1.77. The zero-order valence-corrected chi connectivity index (χ0v) is 10.3. The zero-order chi connectivity index (χ0) is 13.8. The molecule has 2 rings (SSSR count). The van der Waals surface area contributed by atoms with Crippen LogP contribution in [-0.2, 0) is 4.79 Å². The summed E-state index contributed by atoms with van der Waals surface area (Å²) in [5.41, 5.74) is 0.393. The lowest BCUT2D eigenvalue weighted by Gasteiger charge is -2.03. The molecular weight excluding hydrogens is 242 g/mol. The molecule has 1 N–H and O–H groups in total. The number of rotatable bonds is 3. The fourth-order valence-electron chi connectivity index (χ4n) is 1.77. The van der Waals surface area contributed by atoms with Gasteiger partial charge in [-0.15, -0.1) is 0 Å². The maximum atomic E-state index is 10.8. The van der Waals surface area contributed by atoms with E-state index in [1.54, 1.807) is 19.2 Å². The van der Waals surface area contributed by atoms with Crippen LogP contribution in [0.25, 0.3) is 16.8 Å². The predicted molar refractivity (Wildman–Crippen MR) is 71.7 cm³/mol. The van der Waals surface area contributed by atoms with E-state index in [9.17, 15) is 4.79 Å². The maximum Gasteiger partial charge on any atom is 0.346 e. The van der Waals surface area contributed by atoms with Gasteiger partial charge in [0.15, 0.2) is 0 Å². The van der Waals surface area contributed by atoms with Crippen molar-refractivity contribution in [3.05, 3.63) is 47.5 Å². The van der Waals surface area contributed by atoms with Crippen LogP contribution in [0.4, 0.5) is 0 Å². The second-order valence-electron chi connectivity index (χ2n) is 3.95. The van der Waals surface area contributed by atoms with Crippen LogP contribution in [-0.4, -0.2) is 18.2 Å². The minimum Gasteiger partial charge on any atom is -0.497 e. The average Bonchev–Trinajstić information content (AvgIpc) is 2.43. The van der Waals surface area contributed by atoms with Gasteiger partial charge in [-0.3, -0.25) is 0 Å². The van der Waals surface area contributed by atoms with E-state index in [2.05, 4.69) is 0 Å². The lowest BCUT2D eigenvalue weighted by molar-refractivity contribution is -0.132. The van der Waals surface area contributed by atoms with Gasteiger partial charge in [-0.2, -0.15) is 5.26 Å². The Morgan fingerprint density at radius 2 is 1.95 bits per heavy atom. The predicted octanol–water partition coefficient (Wildman–Crippen LogP) is 2.84. The van der Waals surface area contributed by atoms with Crippen molar-refractivity contribution in [3.8, 4) is 11.8 Å². The smallest absolute Gasteiger partial charge is 0.346 e. The van der Waals surface area contributed by atoms with E-state index < -0.39 is 5.97 Å². The molecule has 0 spiro atoms. The summed E-state index contributed by atoms with van der Waals surface area (Å²) in [6, 6.07) is 12.7. The number of methoxy groups -OCH3 is 1. The highest BCUT2D eigenvalue weighted by Crippen LogP contribution is 2.22. The van der Waals surface area contributed by atoms with Gasteiger partial charge in [-0.1, -0.05) is 18.2 Å². The van der Waals surface area contributed by atoms with Gasteiger partial charge in [-0.05, 0) is 40.6 Å². The fraction of sp³-hybridized carbons (Fsp3) is 0.0667. The summed E-state index contributed by atoms with van der Waals surface area (Å²) < 4.78 is 5.13. The topological polar surface area (TPSA) is 70.3 Å². The molecule has 2 aromatic rings. The summed E-state index contributed by atoms with van der Waals surface area (Å²) in [4.78, 5) is 10.8. The molecule has 0 heterocycles. The Morgan fingerprint density at radius 3 is 2.58 bits per heavy atom. The van der Waals surface area contributed by atoms with E-state index in [1.807, 2.05) is 30.3 Å². The molecule has 19 heavy (non-hydrogen) atoms. The molecule has 0 aromatic heterocycles. The van der Waals surface area contributed by atoms with Crippen LogP contribution >= 0.6 is 0 Å². The van der Waals surface area contributed by atoms with Crippen LogP contribution in [0.3, 0.4) is 0 Å². The van der Waals surface area contributed by atoms with Gasteiger partial charge in [0.05, 0.1) is 7.11 Å². The van der Waals surface area contributed by atoms with Gasteiger partial charge in [0.2, 0.25) is 0 Å². The van der Waals surface area contributed by atoms with E-state index in [0.29, 0.717) is 5.56 Å². The first-order chi connectivity index (χ1) is 9.13. The molecule has 0 aliphatic carbocycles. The number of ether oxygens (including phenoxy) is 1. The molecule has 0 fully saturated rings. The number of hydrogen-bond acceptors (Lipinski definition) is 3. The van der Waals surface area contributed by atoms with Gasteiger partial charge in [-0.25, -0.2) is 4.79 Å². The molecule has 0 bridgehead atoms. The molecular formula is C15H11NO3. The standard InChI is InChI=1S/C15H11NO3/c1-19-14-5-4-11-6-10(2-3-12(11)8-14)7-13(9-16)15(17)18/h2-8H,1H3,(H,17,18)/b13-7+. The van der Waals surface area contributed by atoms with Gasteiger partial charge in [0.25, 0.3) is 0 Å². The number of nitrogens with zero attached hydrogens (tertiary/aromatic N) is 1. The van der Waals surface area contributed by atoms with Crippen molar-refractivity contribution in [3.63, 3.8) is 0 Å². The van der Waals surface area contributed by atoms with Crippen molar-refractivity contribution < 1.29 is 14.6 Å². The number of hydrogen-bond donors (Lipinski definition) is 1. The number of benzene rings is 2. The number of aliphatic carboxylic acids is 1. The van der Waals surface area contributed by atoms with E-state index in [1.165, 1.54) is 6.08 Å². The Kier molecular flexibility index (Phi) is 3.48. The number of nitriles is 1. The normalized spacial score (nSPS) is 11.1.